The van der Waals surface area contributed by atoms with Crippen molar-refractivity contribution in [2.45, 2.75) is 6.67 Å². The van der Waals surface area contributed by atoms with Gasteiger partial charge in [0.1, 0.15) is 17.6 Å². The zero-order valence-corrected chi connectivity index (χ0v) is 13.9. The lowest BCUT2D eigenvalue weighted by molar-refractivity contribution is 0.397. The van der Waals surface area contributed by atoms with Crippen molar-refractivity contribution in [1.29, 1.82) is 0 Å². The molecule has 10 heteroatoms. The van der Waals surface area contributed by atoms with Crippen molar-refractivity contribution in [3.63, 3.8) is 0 Å². The van der Waals surface area contributed by atoms with Gasteiger partial charge in [-0.1, -0.05) is 11.6 Å². The fourth-order valence-electron chi connectivity index (χ4n) is 1.84. The molecule has 0 bridgehead atoms. The summed E-state index contributed by atoms with van der Waals surface area (Å²) in [5.74, 6) is 0.526. The molecule has 0 fully saturated rings. The molecule has 1 aromatic carbocycles. The van der Waals surface area contributed by atoms with Gasteiger partial charge in [0.05, 0.1) is 7.11 Å². The van der Waals surface area contributed by atoms with Gasteiger partial charge in [0.2, 0.25) is 17.7 Å². The molecule has 0 spiro atoms. The molecule has 2 aromatic heterocycles. The van der Waals surface area contributed by atoms with Crippen LogP contribution in [0.15, 0.2) is 34.7 Å². The molecule has 124 valence electrons. The Hall–Kier alpha value is -2.52. The van der Waals surface area contributed by atoms with Crippen LogP contribution in [-0.4, -0.2) is 26.9 Å². The largest absolute Gasteiger partial charge is 0.481 e. The van der Waals surface area contributed by atoms with Gasteiger partial charge in [0.15, 0.2) is 0 Å². The summed E-state index contributed by atoms with van der Waals surface area (Å²) in [7, 11) is 1.48. The van der Waals surface area contributed by atoms with Crippen LogP contribution in [0, 0.1) is 10.7 Å². The standard InChI is InChI=1S/C14H11ClFN5O2S/c1-22-11-6-10(15)18-13(19-11)17-7-21-14(24)23-12(20-21)8-2-4-9(16)5-3-8/h2-6H,7H2,1H3,(H,17,18,19). The topological polar surface area (TPSA) is 78.0 Å². The molecule has 0 aliphatic rings. The van der Waals surface area contributed by atoms with Crippen molar-refractivity contribution in [1.82, 2.24) is 19.7 Å². The highest BCUT2D eigenvalue weighted by molar-refractivity contribution is 7.71. The summed E-state index contributed by atoms with van der Waals surface area (Å²) in [4.78, 5) is 8.26. The van der Waals surface area contributed by atoms with Crippen LogP contribution in [0.25, 0.3) is 11.5 Å². The minimum atomic E-state index is -0.342. The Balaban J connectivity index is 1.78. The van der Waals surface area contributed by atoms with Crippen molar-refractivity contribution in [2.24, 2.45) is 0 Å². The third-order valence-corrected chi connectivity index (χ3v) is 3.45. The predicted molar refractivity (Wildman–Crippen MR) is 87.9 cm³/mol. The maximum atomic E-state index is 13.0. The lowest BCUT2D eigenvalue weighted by Gasteiger charge is -2.06. The minimum absolute atomic E-state index is 0.149. The Bertz CT molecular complexity index is 912. The summed E-state index contributed by atoms with van der Waals surface area (Å²) >= 11 is 11.0. The summed E-state index contributed by atoms with van der Waals surface area (Å²) in [5.41, 5.74) is 0.613. The molecule has 0 aliphatic carbocycles. The molecule has 2 heterocycles. The highest BCUT2D eigenvalue weighted by Gasteiger charge is 2.09. The van der Waals surface area contributed by atoms with E-state index >= 15 is 0 Å². The molecule has 0 unspecified atom stereocenters. The van der Waals surface area contributed by atoms with Crippen LogP contribution >= 0.6 is 23.8 Å². The van der Waals surface area contributed by atoms with Crippen LogP contribution in [0.4, 0.5) is 10.3 Å². The molecule has 0 saturated carbocycles. The third kappa shape index (κ3) is 3.69. The van der Waals surface area contributed by atoms with E-state index in [0.717, 1.165) is 0 Å². The number of benzene rings is 1. The normalized spacial score (nSPS) is 10.6. The summed E-state index contributed by atoms with van der Waals surface area (Å²) < 4.78 is 24.8. The van der Waals surface area contributed by atoms with E-state index < -0.39 is 0 Å². The zero-order chi connectivity index (χ0) is 17.1. The minimum Gasteiger partial charge on any atom is -0.481 e. The van der Waals surface area contributed by atoms with E-state index in [0.29, 0.717) is 11.4 Å². The molecular formula is C14H11ClFN5O2S. The molecule has 3 rings (SSSR count). The molecule has 0 atom stereocenters. The number of nitrogens with zero attached hydrogens (tertiary/aromatic N) is 4. The molecule has 24 heavy (non-hydrogen) atoms. The van der Waals surface area contributed by atoms with E-state index in [2.05, 4.69) is 20.4 Å². The molecule has 7 nitrogen and oxygen atoms in total. The number of aromatic nitrogens is 4. The van der Waals surface area contributed by atoms with Crippen molar-refractivity contribution in [3.8, 4) is 17.3 Å². The highest BCUT2D eigenvalue weighted by Crippen LogP contribution is 2.19. The zero-order valence-electron chi connectivity index (χ0n) is 12.4. The molecule has 0 amide bonds. The van der Waals surface area contributed by atoms with Crippen LogP contribution in [0.5, 0.6) is 5.88 Å². The fourth-order valence-corrected chi connectivity index (χ4v) is 2.20. The second-order valence-electron chi connectivity index (χ2n) is 4.57. The van der Waals surface area contributed by atoms with Crippen molar-refractivity contribution < 1.29 is 13.5 Å². The van der Waals surface area contributed by atoms with Gasteiger partial charge in [-0.05, 0) is 36.5 Å². The van der Waals surface area contributed by atoms with Crippen LogP contribution < -0.4 is 10.1 Å². The van der Waals surface area contributed by atoms with Crippen molar-refractivity contribution in [3.05, 3.63) is 46.1 Å². The Morgan fingerprint density at radius 3 is 2.79 bits per heavy atom. The number of ether oxygens (including phenoxy) is 1. The Morgan fingerprint density at radius 2 is 2.08 bits per heavy atom. The van der Waals surface area contributed by atoms with E-state index in [1.165, 1.54) is 30.0 Å². The second-order valence-corrected chi connectivity index (χ2v) is 5.31. The van der Waals surface area contributed by atoms with E-state index in [4.69, 9.17) is 33.0 Å². The number of nitrogens with one attached hydrogen (secondary N) is 1. The molecule has 0 radical (unpaired) electrons. The number of anilines is 1. The quantitative estimate of drug-likeness (QED) is 0.546. The maximum Gasteiger partial charge on any atom is 0.289 e. The molecule has 0 saturated heterocycles. The van der Waals surface area contributed by atoms with Gasteiger partial charge in [0.25, 0.3) is 4.84 Å². The Labute approximate surface area is 146 Å². The molecule has 1 N–H and O–H groups in total. The van der Waals surface area contributed by atoms with Crippen LogP contribution in [-0.2, 0) is 6.67 Å². The first kappa shape index (κ1) is 16.3. The lowest BCUT2D eigenvalue weighted by atomic mass is 10.2. The first-order valence-electron chi connectivity index (χ1n) is 6.71. The monoisotopic (exact) mass is 367 g/mol. The van der Waals surface area contributed by atoms with E-state index in [1.54, 1.807) is 12.1 Å². The molecule has 3 aromatic rings. The SMILES string of the molecule is COc1cc(Cl)nc(NCn2nc(-c3ccc(F)cc3)oc2=S)n1. The predicted octanol–water partition coefficient (Wildman–Crippen LogP) is 3.53. The van der Waals surface area contributed by atoms with Crippen LogP contribution in [0.2, 0.25) is 5.15 Å². The van der Waals surface area contributed by atoms with Crippen LogP contribution in [0.1, 0.15) is 0 Å². The Morgan fingerprint density at radius 1 is 1.33 bits per heavy atom. The lowest BCUT2D eigenvalue weighted by Crippen LogP contribution is -2.12. The van der Waals surface area contributed by atoms with E-state index in [1.807, 2.05) is 0 Å². The smallest absolute Gasteiger partial charge is 0.289 e. The van der Waals surface area contributed by atoms with Gasteiger partial charge < -0.3 is 14.5 Å². The second kappa shape index (κ2) is 6.93. The van der Waals surface area contributed by atoms with Gasteiger partial charge in [-0.25, -0.2) is 14.1 Å². The molecular weight excluding hydrogens is 357 g/mol. The summed E-state index contributed by atoms with van der Waals surface area (Å²) in [6.07, 6.45) is 0. The number of halogens is 2. The van der Waals surface area contributed by atoms with Crippen LogP contribution in [0.3, 0.4) is 0 Å². The average molecular weight is 368 g/mol. The fraction of sp³-hybridized carbons (Fsp3) is 0.143. The maximum absolute atomic E-state index is 13.0. The third-order valence-electron chi connectivity index (χ3n) is 2.96. The van der Waals surface area contributed by atoms with Gasteiger partial charge >= 0.3 is 0 Å². The summed E-state index contributed by atoms with van der Waals surface area (Å²) in [6, 6.07) is 7.23. The number of methoxy groups -OCH3 is 1. The summed E-state index contributed by atoms with van der Waals surface area (Å²) in [6.45, 7) is 0.160. The van der Waals surface area contributed by atoms with Crippen molar-refractivity contribution in [2.75, 3.05) is 12.4 Å². The van der Waals surface area contributed by atoms with Gasteiger partial charge in [-0.2, -0.15) is 4.98 Å². The highest BCUT2D eigenvalue weighted by atomic mass is 35.5. The van der Waals surface area contributed by atoms with Crippen molar-refractivity contribution >= 4 is 29.8 Å². The number of hydrogen-bond donors (Lipinski definition) is 1. The van der Waals surface area contributed by atoms with Gasteiger partial charge in [0, 0.05) is 11.6 Å². The Kier molecular flexibility index (Phi) is 4.72. The van der Waals surface area contributed by atoms with E-state index in [-0.39, 0.29) is 34.3 Å². The number of rotatable bonds is 5. The van der Waals surface area contributed by atoms with Gasteiger partial charge in [-0.3, -0.25) is 0 Å². The average Bonchev–Trinajstić information content (AvgIpc) is 2.94. The van der Waals surface area contributed by atoms with E-state index in [9.17, 15) is 4.39 Å². The first-order valence-corrected chi connectivity index (χ1v) is 7.50. The number of hydrogen-bond acceptors (Lipinski definition) is 7. The summed E-state index contributed by atoms with van der Waals surface area (Å²) in [5, 5.41) is 7.39. The first-order chi connectivity index (χ1) is 11.5. The molecule has 0 aliphatic heterocycles. The van der Waals surface area contributed by atoms with Gasteiger partial charge in [-0.15, -0.1) is 5.10 Å².